The summed E-state index contributed by atoms with van der Waals surface area (Å²) in [5.74, 6) is -0.136. The number of carbonyl (C=O) groups excluding carboxylic acids is 1. The van der Waals surface area contributed by atoms with Gasteiger partial charge in [0, 0.05) is 10.6 Å². The van der Waals surface area contributed by atoms with Crippen molar-refractivity contribution in [3.05, 3.63) is 88.6 Å². The molecular formula is C20H12ClNO2. The van der Waals surface area contributed by atoms with Crippen LogP contribution in [0.3, 0.4) is 0 Å². The lowest BCUT2D eigenvalue weighted by Crippen LogP contribution is -2.05. The van der Waals surface area contributed by atoms with Crippen molar-refractivity contribution in [2.75, 3.05) is 0 Å². The van der Waals surface area contributed by atoms with E-state index in [0.29, 0.717) is 10.9 Å². The van der Waals surface area contributed by atoms with E-state index in [9.17, 15) is 4.79 Å². The van der Waals surface area contributed by atoms with E-state index in [0.717, 1.165) is 21.9 Å². The summed E-state index contributed by atoms with van der Waals surface area (Å²) >= 11 is 5.98. The molecule has 0 fully saturated rings. The van der Waals surface area contributed by atoms with E-state index >= 15 is 0 Å². The van der Waals surface area contributed by atoms with E-state index in [2.05, 4.69) is 4.99 Å². The van der Waals surface area contributed by atoms with Crippen molar-refractivity contribution in [2.24, 2.45) is 4.99 Å². The molecule has 0 spiro atoms. The van der Waals surface area contributed by atoms with Crippen molar-refractivity contribution in [2.45, 2.75) is 0 Å². The number of halogens is 1. The van der Waals surface area contributed by atoms with Crippen LogP contribution in [0, 0.1) is 0 Å². The molecule has 0 atom stereocenters. The zero-order valence-electron chi connectivity index (χ0n) is 12.6. The Morgan fingerprint density at radius 1 is 0.958 bits per heavy atom. The number of rotatable bonds is 2. The number of benzene rings is 3. The van der Waals surface area contributed by atoms with E-state index in [-0.39, 0.29) is 5.70 Å². The first-order chi connectivity index (χ1) is 11.7. The molecule has 4 rings (SSSR count). The third-order valence-corrected chi connectivity index (χ3v) is 4.03. The zero-order valence-corrected chi connectivity index (χ0v) is 13.3. The molecule has 0 radical (unpaired) electrons. The third kappa shape index (κ3) is 2.70. The van der Waals surface area contributed by atoms with Crippen LogP contribution >= 0.6 is 11.6 Å². The van der Waals surface area contributed by atoms with Crippen molar-refractivity contribution < 1.29 is 9.53 Å². The van der Waals surface area contributed by atoms with Crippen molar-refractivity contribution >= 4 is 40.3 Å². The van der Waals surface area contributed by atoms with E-state index in [1.807, 2.05) is 54.6 Å². The molecule has 0 saturated carbocycles. The molecule has 0 bridgehead atoms. The summed E-state index contributed by atoms with van der Waals surface area (Å²) in [5.41, 5.74) is 1.87. The van der Waals surface area contributed by atoms with Gasteiger partial charge in [0.15, 0.2) is 5.70 Å². The van der Waals surface area contributed by atoms with Crippen LogP contribution in [0.25, 0.3) is 16.8 Å². The van der Waals surface area contributed by atoms with Crippen LogP contribution in [0.15, 0.2) is 77.4 Å². The topological polar surface area (TPSA) is 38.7 Å². The molecule has 1 heterocycles. The highest BCUT2D eigenvalue weighted by Gasteiger charge is 2.25. The lowest BCUT2D eigenvalue weighted by atomic mass is 10.0. The first kappa shape index (κ1) is 14.7. The number of cyclic esters (lactones) is 1. The number of ether oxygens (including phenoxy) is 1. The van der Waals surface area contributed by atoms with Crippen molar-refractivity contribution in [1.82, 2.24) is 0 Å². The minimum Gasteiger partial charge on any atom is -0.402 e. The molecule has 3 nitrogen and oxygen atoms in total. The van der Waals surface area contributed by atoms with Crippen LogP contribution in [-0.4, -0.2) is 11.9 Å². The van der Waals surface area contributed by atoms with Crippen molar-refractivity contribution in [3.63, 3.8) is 0 Å². The molecule has 0 aromatic heterocycles. The fourth-order valence-electron chi connectivity index (χ4n) is 2.69. The predicted molar refractivity (Wildman–Crippen MR) is 96.0 cm³/mol. The molecule has 4 heteroatoms. The third-order valence-electron chi connectivity index (χ3n) is 3.79. The summed E-state index contributed by atoms with van der Waals surface area (Å²) < 4.78 is 5.38. The van der Waals surface area contributed by atoms with Gasteiger partial charge < -0.3 is 4.74 Å². The summed E-state index contributed by atoms with van der Waals surface area (Å²) in [4.78, 5) is 16.5. The zero-order chi connectivity index (χ0) is 16.5. The molecular weight excluding hydrogens is 322 g/mol. The van der Waals surface area contributed by atoms with Gasteiger partial charge in [-0.05, 0) is 40.6 Å². The van der Waals surface area contributed by atoms with Gasteiger partial charge in [0.25, 0.3) is 0 Å². The van der Waals surface area contributed by atoms with Gasteiger partial charge in [-0.3, -0.25) is 0 Å². The van der Waals surface area contributed by atoms with Crippen molar-refractivity contribution in [1.29, 1.82) is 0 Å². The molecule has 116 valence electrons. The quantitative estimate of drug-likeness (QED) is 0.497. The fourth-order valence-corrected chi connectivity index (χ4v) is 2.89. The maximum atomic E-state index is 12.1. The van der Waals surface area contributed by atoms with Crippen LogP contribution in [0.1, 0.15) is 11.1 Å². The van der Waals surface area contributed by atoms with Crippen LogP contribution in [0.4, 0.5) is 0 Å². The Labute approximate surface area is 143 Å². The highest BCUT2D eigenvalue weighted by molar-refractivity contribution is 6.30. The highest BCUT2D eigenvalue weighted by Crippen LogP contribution is 2.25. The number of nitrogens with zero attached hydrogens (tertiary/aromatic N) is 1. The summed E-state index contributed by atoms with van der Waals surface area (Å²) in [6, 6.07) is 21.0. The molecule has 0 N–H and O–H groups in total. The average Bonchev–Trinajstić information content (AvgIpc) is 2.95. The number of carbonyl (C=O) groups is 1. The number of hydrogen-bond donors (Lipinski definition) is 0. The summed E-state index contributed by atoms with van der Waals surface area (Å²) in [6.07, 6.45) is 1.67. The number of fused-ring (bicyclic) bond motifs is 1. The molecule has 1 aliphatic heterocycles. The smallest absolute Gasteiger partial charge is 0.363 e. The first-order valence-corrected chi connectivity index (χ1v) is 7.85. The first-order valence-electron chi connectivity index (χ1n) is 7.47. The van der Waals surface area contributed by atoms with Gasteiger partial charge >= 0.3 is 5.97 Å². The lowest BCUT2D eigenvalue weighted by Gasteiger charge is -2.04. The SMILES string of the molecule is O=C1OC(c2cccc3ccccc23)=NC1=Cc1cccc(Cl)c1. The van der Waals surface area contributed by atoms with Crippen LogP contribution < -0.4 is 0 Å². The van der Waals surface area contributed by atoms with Gasteiger partial charge in [-0.2, -0.15) is 0 Å². The molecule has 0 amide bonds. The summed E-state index contributed by atoms with van der Waals surface area (Å²) in [7, 11) is 0. The Morgan fingerprint density at radius 3 is 2.62 bits per heavy atom. The minimum atomic E-state index is -0.460. The lowest BCUT2D eigenvalue weighted by molar-refractivity contribution is -0.129. The Kier molecular flexibility index (Phi) is 3.63. The van der Waals surface area contributed by atoms with Gasteiger partial charge in [0.1, 0.15) is 0 Å². The van der Waals surface area contributed by atoms with E-state index in [4.69, 9.17) is 16.3 Å². The molecule has 0 unspecified atom stereocenters. The second kappa shape index (κ2) is 5.95. The summed E-state index contributed by atoms with van der Waals surface area (Å²) in [5, 5.41) is 2.67. The average molecular weight is 334 g/mol. The number of esters is 1. The molecule has 3 aromatic rings. The molecule has 0 aliphatic carbocycles. The van der Waals surface area contributed by atoms with E-state index in [1.165, 1.54) is 0 Å². The van der Waals surface area contributed by atoms with Crippen molar-refractivity contribution in [3.8, 4) is 0 Å². The van der Waals surface area contributed by atoms with Gasteiger partial charge in [-0.1, -0.05) is 60.1 Å². The predicted octanol–water partition coefficient (Wildman–Crippen LogP) is 4.84. The maximum Gasteiger partial charge on any atom is 0.363 e. The van der Waals surface area contributed by atoms with Gasteiger partial charge in [-0.25, -0.2) is 9.79 Å². The van der Waals surface area contributed by atoms with Crippen LogP contribution in [-0.2, 0) is 9.53 Å². The normalized spacial score (nSPS) is 15.6. The number of hydrogen-bond acceptors (Lipinski definition) is 3. The fraction of sp³-hybridized carbons (Fsp3) is 0. The Bertz CT molecular complexity index is 1020. The maximum absolute atomic E-state index is 12.1. The van der Waals surface area contributed by atoms with E-state index in [1.54, 1.807) is 18.2 Å². The molecule has 0 saturated heterocycles. The van der Waals surface area contributed by atoms with Gasteiger partial charge in [0.2, 0.25) is 5.90 Å². The standard InChI is InChI=1S/C20H12ClNO2/c21-15-8-3-5-13(11-15)12-18-20(23)24-19(22-18)17-10-4-7-14-6-1-2-9-16(14)17/h1-12H. The Balaban J connectivity index is 1.78. The Morgan fingerprint density at radius 2 is 1.75 bits per heavy atom. The summed E-state index contributed by atoms with van der Waals surface area (Å²) in [6.45, 7) is 0. The van der Waals surface area contributed by atoms with Crippen LogP contribution in [0.5, 0.6) is 0 Å². The second-order valence-corrected chi connectivity index (χ2v) is 5.85. The van der Waals surface area contributed by atoms with Gasteiger partial charge in [-0.15, -0.1) is 0 Å². The second-order valence-electron chi connectivity index (χ2n) is 5.42. The minimum absolute atomic E-state index is 0.264. The monoisotopic (exact) mass is 333 g/mol. The number of aliphatic imine (C=N–C) groups is 1. The largest absolute Gasteiger partial charge is 0.402 e. The molecule has 1 aliphatic rings. The molecule has 24 heavy (non-hydrogen) atoms. The molecule has 3 aromatic carbocycles. The Hall–Kier alpha value is -2.91. The van der Waals surface area contributed by atoms with E-state index < -0.39 is 5.97 Å². The highest BCUT2D eigenvalue weighted by atomic mass is 35.5. The van der Waals surface area contributed by atoms with Crippen LogP contribution in [0.2, 0.25) is 5.02 Å². The van der Waals surface area contributed by atoms with Gasteiger partial charge in [0.05, 0.1) is 0 Å².